The van der Waals surface area contributed by atoms with Crippen molar-refractivity contribution < 1.29 is 19.0 Å². The van der Waals surface area contributed by atoms with Crippen LogP contribution in [-0.2, 0) is 9.53 Å². The van der Waals surface area contributed by atoms with Gasteiger partial charge in [-0.05, 0) is 23.6 Å². The van der Waals surface area contributed by atoms with Crippen molar-refractivity contribution in [3.63, 3.8) is 0 Å². The van der Waals surface area contributed by atoms with E-state index in [1.807, 2.05) is 20.8 Å². The van der Waals surface area contributed by atoms with Gasteiger partial charge in [0.2, 0.25) is 5.91 Å². The van der Waals surface area contributed by atoms with Gasteiger partial charge in [-0.25, -0.2) is 4.39 Å². The first kappa shape index (κ1) is 18.9. The summed E-state index contributed by atoms with van der Waals surface area (Å²) in [4.78, 5) is 12.2. The molecule has 0 bridgehead atoms. The van der Waals surface area contributed by atoms with Gasteiger partial charge in [-0.3, -0.25) is 4.79 Å². The maximum atomic E-state index is 13.0. The molecule has 2 N–H and O–H groups in total. The average Bonchev–Trinajstić information content (AvgIpc) is 2.54. The molecule has 1 amide bonds. The van der Waals surface area contributed by atoms with Crippen LogP contribution in [0.1, 0.15) is 51.5 Å². The highest BCUT2D eigenvalue weighted by Gasteiger charge is 2.44. The van der Waals surface area contributed by atoms with Crippen LogP contribution in [0.4, 0.5) is 4.39 Å². The van der Waals surface area contributed by atoms with Crippen LogP contribution in [0.5, 0.6) is 0 Å². The number of hydrogen-bond acceptors (Lipinski definition) is 3. The fourth-order valence-electron chi connectivity index (χ4n) is 3.13. The van der Waals surface area contributed by atoms with Gasteiger partial charge >= 0.3 is 0 Å². The van der Waals surface area contributed by atoms with Crippen LogP contribution in [0.2, 0.25) is 0 Å². The Morgan fingerprint density at radius 2 is 1.92 bits per heavy atom. The molecule has 5 heteroatoms. The number of rotatable bonds is 6. The standard InChI is InChI=1S/C19H28FNO3/c1-14(15-4-6-16(20)7-5-15)12-17(22)21-13-18(2,3)19(23)8-10-24-11-9-19/h4-7,14,23H,8-13H2,1-3H3,(H,21,22)/t14-/m1/s1. The molecule has 1 saturated heterocycles. The van der Waals surface area contributed by atoms with Gasteiger partial charge in [0.1, 0.15) is 5.82 Å². The first-order valence-corrected chi connectivity index (χ1v) is 8.56. The molecule has 134 valence electrons. The Morgan fingerprint density at radius 3 is 2.50 bits per heavy atom. The third kappa shape index (κ3) is 4.54. The molecule has 1 aliphatic heterocycles. The molecule has 1 aliphatic rings. The van der Waals surface area contributed by atoms with Crippen LogP contribution >= 0.6 is 0 Å². The molecule has 4 nitrogen and oxygen atoms in total. The Balaban J connectivity index is 1.86. The van der Waals surface area contributed by atoms with E-state index in [9.17, 15) is 14.3 Å². The van der Waals surface area contributed by atoms with E-state index in [0.29, 0.717) is 39.0 Å². The molecule has 1 heterocycles. The lowest BCUT2D eigenvalue weighted by Gasteiger charge is -2.45. The zero-order chi connectivity index (χ0) is 17.8. The number of nitrogens with one attached hydrogen (secondary N) is 1. The zero-order valence-corrected chi connectivity index (χ0v) is 14.8. The second kappa shape index (κ2) is 7.62. The number of amides is 1. The van der Waals surface area contributed by atoms with Gasteiger partial charge in [0.05, 0.1) is 5.60 Å². The molecule has 1 atom stereocenters. The normalized spacial score (nSPS) is 18.9. The fourth-order valence-corrected chi connectivity index (χ4v) is 3.13. The highest BCUT2D eigenvalue weighted by Crippen LogP contribution is 2.38. The molecule has 0 unspecified atom stereocenters. The molecule has 24 heavy (non-hydrogen) atoms. The van der Waals surface area contributed by atoms with Crippen LogP contribution < -0.4 is 5.32 Å². The highest BCUT2D eigenvalue weighted by atomic mass is 19.1. The number of carbonyl (C=O) groups is 1. The summed E-state index contributed by atoms with van der Waals surface area (Å²) in [6.45, 7) is 7.41. The van der Waals surface area contributed by atoms with Crippen molar-refractivity contribution in [2.45, 2.75) is 51.6 Å². The van der Waals surface area contributed by atoms with Crippen molar-refractivity contribution in [2.75, 3.05) is 19.8 Å². The topological polar surface area (TPSA) is 58.6 Å². The SMILES string of the molecule is C[C@H](CC(=O)NCC(C)(C)C1(O)CCOCC1)c1ccc(F)cc1. The number of benzene rings is 1. The fraction of sp³-hybridized carbons (Fsp3) is 0.632. The minimum absolute atomic E-state index is 0.0138. The molecule has 2 rings (SSSR count). The van der Waals surface area contributed by atoms with E-state index in [4.69, 9.17) is 4.74 Å². The number of aliphatic hydroxyl groups is 1. The molecule has 0 spiro atoms. The predicted octanol–water partition coefficient (Wildman–Crippen LogP) is 3.00. The summed E-state index contributed by atoms with van der Waals surface area (Å²) < 4.78 is 18.3. The summed E-state index contributed by atoms with van der Waals surface area (Å²) in [7, 11) is 0. The van der Waals surface area contributed by atoms with E-state index in [1.54, 1.807) is 12.1 Å². The third-order valence-corrected chi connectivity index (χ3v) is 5.24. The van der Waals surface area contributed by atoms with E-state index < -0.39 is 11.0 Å². The highest BCUT2D eigenvalue weighted by molar-refractivity contribution is 5.76. The third-order valence-electron chi connectivity index (χ3n) is 5.24. The van der Waals surface area contributed by atoms with Crippen LogP contribution in [0.25, 0.3) is 0 Å². The number of carbonyl (C=O) groups excluding carboxylic acids is 1. The Bertz CT molecular complexity index is 550. The van der Waals surface area contributed by atoms with Crippen molar-refractivity contribution in [3.8, 4) is 0 Å². The van der Waals surface area contributed by atoms with Crippen molar-refractivity contribution in [3.05, 3.63) is 35.6 Å². The molecule has 0 radical (unpaired) electrons. The number of hydrogen-bond donors (Lipinski definition) is 2. The summed E-state index contributed by atoms with van der Waals surface area (Å²) in [5.41, 5.74) is -0.305. The van der Waals surface area contributed by atoms with Crippen molar-refractivity contribution in [2.24, 2.45) is 5.41 Å². The predicted molar refractivity (Wildman–Crippen MR) is 91.2 cm³/mol. The zero-order valence-electron chi connectivity index (χ0n) is 14.8. The maximum absolute atomic E-state index is 13.0. The molecule has 1 fully saturated rings. The van der Waals surface area contributed by atoms with Gasteiger partial charge in [0.25, 0.3) is 0 Å². The maximum Gasteiger partial charge on any atom is 0.220 e. The summed E-state index contributed by atoms with van der Waals surface area (Å²) in [6.07, 6.45) is 1.51. The van der Waals surface area contributed by atoms with Crippen LogP contribution in [0, 0.1) is 11.2 Å². The molecule has 1 aromatic rings. The van der Waals surface area contributed by atoms with Crippen molar-refractivity contribution in [1.29, 1.82) is 0 Å². The molecule has 0 aromatic heterocycles. The van der Waals surface area contributed by atoms with Gasteiger partial charge < -0.3 is 15.2 Å². The summed E-state index contributed by atoms with van der Waals surface area (Å²) >= 11 is 0. The molecular weight excluding hydrogens is 309 g/mol. The molecule has 0 saturated carbocycles. The van der Waals surface area contributed by atoms with E-state index >= 15 is 0 Å². The first-order chi connectivity index (χ1) is 11.2. The van der Waals surface area contributed by atoms with Gasteiger partial charge in [-0.1, -0.05) is 32.9 Å². The lowest BCUT2D eigenvalue weighted by Crippen LogP contribution is -2.53. The largest absolute Gasteiger partial charge is 0.389 e. The van der Waals surface area contributed by atoms with Gasteiger partial charge in [0, 0.05) is 44.4 Å². The average molecular weight is 337 g/mol. The summed E-state index contributed by atoms with van der Waals surface area (Å²) in [5.74, 6) is -0.322. The lowest BCUT2D eigenvalue weighted by molar-refractivity contribution is -0.136. The minimum Gasteiger partial charge on any atom is -0.389 e. The Morgan fingerprint density at radius 1 is 1.33 bits per heavy atom. The van der Waals surface area contributed by atoms with Crippen molar-refractivity contribution >= 4 is 5.91 Å². The number of halogens is 1. The van der Waals surface area contributed by atoms with E-state index in [1.165, 1.54) is 12.1 Å². The quantitative estimate of drug-likeness (QED) is 0.839. The second-order valence-corrected chi connectivity index (χ2v) is 7.46. The van der Waals surface area contributed by atoms with Crippen LogP contribution in [-0.4, -0.2) is 36.4 Å². The lowest BCUT2D eigenvalue weighted by atomic mass is 9.70. The van der Waals surface area contributed by atoms with Crippen LogP contribution in [0.15, 0.2) is 24.3 Å². The van der Waals surface area contributed by atoms with E-state index in [2.05, 4.69) is 5.32 Å². The van der Waals surface area contributed by atoms with Gasteiger partial charge in [-0.2, -0.15) is 0 Å². The number of ether oxygens (including phenoxy) is 1. The summed E-state index contributed by atoms with van der Waals surface area (Å²) in [6, 6.07) is 6.24. The Kier molecular flexibility index (Phi) is 5.99. The van der Waals surface area contributed by atoms with Crippen LogP contribution in [0.3, 0.4) is 0 Å². The Labute approximate surface area is 143 Å². The smallest absolute Gasteiger partial charge is 0.220 e. The Hall–Kier alpha value is -1.46. The monoisotopic (exact) mass is 337 g/mol. The second-order valence-electron chi connectivity index (χ2n) is 7.46. The summed E-state index contributed by atoms with van der Waals surface area (Å²) in [5, 5.41) is 13.8. The van der Waals surface area contributed by atoms with E-state index in [-0.39, 0.29) is 17.6 Å². The van der Waals surface area contributed by atoms with Crippen molar-refractivity contribution in [1.82, 2.24) is 5.32 Å². The molecular formula is C19H28FNO3. The first-order valence-electron chi connectivity index (χ1n) is 8.56. The molecule has 0 aliphatic carbocycles. The van der Waals surface area contributed by atoms with Gasteiger partial charge in [-0.15, -0.1) is 0 Å². The minimum atomic E-state index is -0.818. The van der Waals surface area contributed by atoms with Gasteiger partial charge in [0.15, 0.2) is 0 Å². The molecule has 1 aromatic carbocycles. The van der Waals surface area contributed by atoms with E-state index in [0.717, 1.165) is 5.56 Å².